The van der Waals surface area contributed by atoms with Crippen molar-refractivity contribution in [3.05, 3.63) is 54.1 Å². The number of hydrogen-bond donors (Lipinski definition) is 2. The molecule has 7 nitrogen and oxygen atoms in total. The van der Waals surface area contributed by atoms with E-state index in [2.05, 4.69) is 5.32 Å². The highest BCUT2D eigenvalue weighted by Gasteiger charge is 2.24. The van der Waals surface area contributed by atoms with E-state index in [9.17, 15) is 14.7 Å². The number of rotatable bonds is 7. The standard InChI is InChI=1S/C22H26N2O5/c1-2-28-19-6-8-20(9-7-19)29-15-21(26)23-17-10-12-24(13-11-17)22(27)16-4-3-5-18(25)14-16/h3-9,14,17,25H,2,10-13,15H2,1H3,(H,23,26). The topological polar surface area (TPSA) is 88.1 Å². The molecule has 7 heteroatoms. The summed E-state index contributed by atoms with van der Waals surface area (Å²) in [5.41, 5.74) is 0.469. The number of amides is 2. The normalized spacial score (nSPS) is 14.3. The molecule has 3 rings (SSSR count). The number of ether oxygens (including phenoxy) is 2. The highest BCUT2D eigenvalue weighted by atomic mass is 16.5. The maximum Gasteiger partial charge on any atom is 0.258 e. The van der Waals surface area contributed by atoms with Crippen LogP contribution in [0.25, 0.3) is 0 Å². The number of nitrogens with one attached hydrogen (secondary N) is 1. The van der Waals surface area contributed by atoms with Crippen LogP contribution in [0, 0.1) is 0 Å². The molecule has 0 aliphatic carbocycles. The zero-order chi connectivity index (χ0) is 20.6. The molecular weight excluding hydrogens is 372 g/mol. The smallest absolute Gasteiger partial charge is 0.258 e. The third-order valence-electron chi connectivity index (χ3n) is 4.75. The molecule has 1 fully saturated rings. The Labute approximate surface area is 170 Å². The lowest BCUT2D eigenvalue weighted by atomic mass is 10.0. The maximum absolute atomic E-state index is 12.5. The van der Waals surface area contributed by atoms with Crippen molar-refractivity contribution in [2.45, 2.75) is 25.8 Å². The number of carbonyl (C=O) groups is 2. The first kappa shape index (κ1) is 20.5. The van der Waals surface area contributed by atoms with Crippen molar-refractivity contribution in [3.63, 3.8) is 0 Å². The predicted molar refractivity (Wildman–Crippen MR) is 108 cm³/mol. The molecule has 0 unspecified atom stereocenters. The van der Waals surface area contributed by atoms with Gasteiger partial charge in [0.1, 0.15) is 17.2 Å². The minimum absolute atomic E-state index is 0.0136. The quantitative estimate of drug-likeness (QED) is 0.749. The second-order valence-corrected chi connectivity index (χ2v) is 6.88. The van der Waals surface area contributed by atoms with Gasteiger partial charge in [0.15, 0.2) is 6.61 Å². The van der Waals surface area contributed by atoms with E-state index in [1.54, 1.807) is 41.3 Å². The molecule has 0 spiro atoms. The van der Waals surface area contributed by atoms with Gasteiger partial charge < -0.3 is 24.8 Å². The van der Waals surface area contributed by atoms with Gasteiger partial charge in [0.2, 0.25) is 0 Å². The summed E-state index contributed by atoms with van der Waals surface area (Å²) in [5, 5.41) is 12.5. The van der Waals surface area contributed by atoms with Crippen LogP contribution in [0.3, 0.4) is 0 Å². The van der Waals surface area contributed by atoms with Gasteiger partial charge >= 0.3 is 0 Å². The zero-order valence-electron chi connectivity index (χ0n) is 16.5. The van der Waals surface area contributed by atoms with Crippen molar-refractivity contribution >= 4 is 11.8 Å². The minimum atomic E-state index is -0.184. The molecule has 2 aromatic carbocycles. The number of likely N-dealkylation sites (tertiary alicyclic amines) is 1. The van der Waals surface area contributed by atoms with Gasteiger partial charge in [-0.15, -0.1) is 0 Å². The van der Waals surface area contributed by atoms with Crippen LogP contribution in [0.2, 0.25) is 0 Å². The van der Waals surface area contributed by atoms with Crippen LogP contribution in [0.15, 0.2) is 48.5 Å². The van der Waals surface area contributed by atoms with Crippen LogP contribution in [0.4, 0.5) is 0 Å². The summed E-state index contributed by atoms with van der Waals surface area (Å²) < 4.78 is 10.9. The molecule has 2 N–H and O–H groups in total. The lowest BCUT2D eigenvalue weighted by Gasteiger charge is -2.32. The van der Waals surface area contributed by atoms with E-state index in [0.717, 1.165) is 5.75 Å². The van der Waals surface area contributed by atoms with Crippen LogP contribution in [0.5, 0.6) is 17.2 Å². The van der Waals surface area contributed by atoms with Gasteiger partial charge in [0.25, 0.3) is 11.8 Å². The summed E-state index contributed by atoms with van der Waals surface area (Å²) in [6.07, 6.45) is 1.36. The fourth-order valence-electron chi connectivity index (χ4n) is 3.27. The van der Waals surface area contributed by atoms with E-state index in [1.165, 1.54) is 12.1 Å². The molecule has 1 aliphatic rings. The Bertz CT molecular complexity index is 829. The van der Waals surface area contributed by atoms with Gasteiger partial charge in [-0.05, 0) is 62.2 Å². The molecule has 2 amide bonds. The van der Waals surface area contributed by atoms with Crippen molar-refractivity contribution in [1.29, 1.82) is 0 Å². The summed E-state index contributed by atoms with van der Waals surface area (Å²) in [6.45, 7) is 3.57. The fraction of sp³-hybridized carbons (Fsp3) is 0.364. The largest absolute Gasteiger partial charge is 0.508 e. The monoisotopic (exact) mass is 398 g/mol. The van der Waals surface area contributed by atoms with Gasteiger partial charge in [-0.3, -0.25) is 9.59 Å². The SMILES string of the molecule is CCOc1ccc(OCC(=O)NC2CCN(C(=O)c3cccc(O)c3)CC2)cc1. The Morgan fingerprint density at radius 1 is 1.07 bits per heavy atom. The van der Waals surface area contributed by atoms with Crippen molar-refractivity contribution in [2.75, 3.05) is 26.3 Å². The molecule has 29 heavy (non-hydrogen) atoms. The number of benzene rings is 2. The van der Waals surface area contributed by atoms with Gasteiger partial charge in [-0.2, -0.15) is 0 Å². The molecule has 0 aromatic heterocycles. The number of phenols is 1. The lowest BCUT2D eigenvalue weighted by Crippen LogP contribution is -2.47. The van der Waals surface area contributed by atoms with Crippen molar-refractivity contribution < 1.29 is 24.2 Å². The molecule has 1 aliphatic heterocycles. The van der Waals surface area contributed by atoms with E-state index in [-0.39, 0.29) is 30.2 Å². The molecular formula is C22H26N2O5. The van der Waals surface area contributed by atoms with Gasteiger partial charge in [0.05, 0.1) is 6.61 Å². The molecule has 0 radical (unpaired) electrons. The minimum Gasteiger partial charge on any atom is -0.508 e. The first-order chi connectivity index (χ1) is 14.0. The van der Waals surface area contributed by atoms with Crippen LogP contribution in [-0.2, 0) is 4.79 Å². The second-order valence-electron chi connectivity index (χ2n) is 6.88. The first-order valence-electron chi connectivity index (χ1n) is 9.78. The molecule has 1 heterocycles. The molecule has 2 aromatic rings. The van der Waals surface area contributed by atoms with Gasteiger partial charge in [-0.1, -0.05) is 6.07 Å². The van der Waals surface area contributed by atoms with Crippen LogP contribution >= 0.6 is 0 Å². The van der Waals surface area contributed by atoms with E-state index in [4.69, 9.17) is 9.47 Å². The Balaban J connectivity index is 1.40. The molecule has 0 bridgehead atoms. The highest BCUT2D eigenvalue weighted by molar-refractivity contribution is 5.94. The zero-order valence-corrected chi connectivity index (χ0v) is 16.5. The van der Waals surface area contributed by atoms with E-state index in [0.29, 0.717) is 43.9 Å². The summed E-state index contributed by atoms with van der Waals surface area (Å²) in [4.78, 5) is 26.4. The Morgan fingerprint density at radius 2 is 1.72 bits per heavy atom. The summed E-state index contributed by atoms with van der Waals surface area (Å²) in [6, 6.07) is 13.5. The summed E-state index contributed by atoms with van der Waals surface area (Å²) in [7, 11) is 0. The van der Waals surface area contributed by atoms with Crippen LogP contribution < -0.4 is 14.8 Å². The first-order valence-corrected chi connectivity index (χ1v) is 9.78. The van der Waals surface area contributed by atoms with E-state index >= 15 is 0 Å². The number of phenolic OH excluding ortho intramolecular Hbond substituents is 1. The lowest BCUT2D eigenvalue weighted by molar-refractivity contribution is -0.124. The Morgan fingerprint density at radius 3 is 2.34 bits per heavy atom. The number of hydrogen-bond acceptors (Lipinski definition) is 5. The van der Waals surface area contributed by atoms with Gasteiger partial charge in [0, 0.05) is 24.7 Å². The molecule has 0 saturated carbocycles. The highest BCUT2D eigenvalue weighted by Crippen LogP contribution is 2.18. The number of aromatic hydroxyl groups is 1. The molecule has 1 saturated heterocycles. The number of nitrogens with zero attached hydrogens (tertiary/aromatic N) is 1. The Kier molecular flexibility index (Phi) is 6.94. The van der Waals surface area contributed by atoms with Gasteiger partial charge in [-0.25, -0.2) is 0 Å². The maximum atomic E-state index is 12.5. The third kappa shape index (κ3) is 5.88. The van der Waals surface area contributed by atoms with E-state index < -0.39 is 0 Å². The fourth-order valence-corrected chi connectivity index (χ4v) is 3.27. The summed E-state index contributed by atoms with van der Waals surface area (Å²) in [5.74, 6) is 1.15. The predicted octanol–water partition coefficient (Wildman–Crippen LogP) is 2.59. The average molecular weight is 398 g/mol. The van der Waals surface area contributed by atoms with E-state index in [1.807, 2.05) is 6.92 Å². The van der Waals surface area contributed by atoms with Crippen molar-refractivity contribution in [2.24, 2.45) is 0 Å². The van der Waals surface area contributed by atoms with Crippen molar-refractivity contribution in [1.82, 2.24) is 10.2 Å². The average Bonchev–Trinajstić information content (AvgIpc) is 2.73. The molecule has 0 atom stereocenters. The summed E-state index contributed by atoms with van der Waals surface area (Å²) >= 11 is 0. The molecule has 154 valence electrons. The third-order valence-corrected chi connectivity index (χ3v) is 4.75. The van der Waals surface area contributed by atoms with Crippen LogP contribution in [-0.4, -0.2) is 54.2 Å². The number of carbonyl (C=O) groups excluding carboxylic acids is 2. The Hall–Kier alpha value is -3.22. The van der Waals surface area contributed by atoms with Crippen molar-refractivity contribution in [3.8, 4) is 17.2 Å². The number of piperidine rings is 1. The second kappa shape index (κ2) is 9.82. The van der Waals surface area contributed by atoms with Crippen LogP contribution in [0.1, 0.15) is 30.1 Å².